The molecule has 3 rings (SSSR count). The molecule has 0 spiro atoms. The normalized spacial score (nSPS) is 30.9. The number of halogens is 1. The zero-order chi connectivity index (χ0) is 18.7. The topological polar surface area (TPSA) is 67.4 Å². The molecular weight excluding hydrogens is 335 g/mol. The highest BCUT2D eigenvalue weighted by Gasteiger charge is 2.43. The molecule has 1 heterocycles. The fourth-order valence-corrected chi connectivity index (χ4v) is 4.45. The van der Waals surface area contributed by atoms with Crippen molar-refractivity contribution in [2.24, 2.45) is 17.8 Å². The molecule has 2 N–H and O–H groups in total. The van der Waals surface area contributed by atoms with Gasteiger partial charge in [-0.1, -0.05) is 13.8 Å². The SMILES string of the molecule is CCC1C(=O)NC2CC(NC(=O)COc3ccc(F)cc3)CCC2C1C. The van der Waals surface area contributed by atoms with Crippen LogP contribution >= 0.6 is 0 Å². The fraction of sp³-hybridized carbons (Fsp3) is 0.600. The van der Waals surface area contributed by atoms with E-state index in [9.17, 15) is 14.0 Å². The number of carbonyl (C=O) groups excluding carboxylic acids is 2. The highest BCUT2D eigenvalue weighted by molar-refractivity contribution is 5.80. The second kappa shape index (κ2) is 8.06. The highest BCUT2D eigenvalue weighted by Crippen LogP contribution is 2.38. The zero-order valence-corrected chi connectivity index (χ0v) is 15.3. The van der Waals surface area contributed by atoms with Crippen molar-refractivity contribution in [2.75, 3.05) is 6.61 Å². The lowest BCUT2D eigenvalue weighted by atomic mass is 9.67. The van der Waals surface area contributed by atoms with Gasteiger partial charge in [-0.15, -0.1) is 0 Å². The van der Waals surface area contributed by atoms with E-state index in [1.165, 1.54) is 24.3 Å². The Morgan fingerprint density at radius 2 is 2.04 bits per heavy atom. The van der Waals surface area contributed by atoms with Crippen molar-refractivity contribution in [3.63, 3.8) is 0 Å². The number of fused-ring (bicyclic) bond motifs is 1. The number of benzene rings is 1. The van der Waals surface area contributed by atoms with E-state index in [0.29, 0.717) is 17.6 Å². The van der Waals surface area contributed by atoms with Crippen molar-refractivity contribution < 1.29 is 18.7 Å². The molecule has 26 heavy (non-hydrogen) atoms. The summed E-state index contributed by atoms with van der Waals surface area (Å²) in [6.45, 7) is 4.14. The third-order valence-corrected chi connectivity index (χ3v) is 5.87. The maximum absolute atomic E-state index is 12.9. The summed E-state index contributed by atoms with van der Waals surface area (Å²) >= 11 is 0. The number of hydrogen-bond acceptors (Lipinski definition) is 3. The molecule has 1 aliphatic heterocycles. The monoisotopic (exact) mass is 362 g/mol. The Morgan fingerprint density at radius 3 is 2.73 bits per heavy atom. The molecule has 2 aliphatic rings. The lowest BCUT2D eigenvalue weighted by Crippen LogP contribution is -2.58. The number of rotatable bonds is 5. The second-order valence-corrected chi connectivity index (χ2v) is 7.47. The van der Waals surface area contributed by atoms with Gasteiger partial charge in [0.15, 0.2) is 6.61 Å². The van der Waals surface area contributed by atoms with Crippen LogP contribution in [0.15, 0.2) is 24.3 Å². The van der Waals surface area contributed by atoms with Gasteiger partial charge >= 0.3 is 0 Å². The second-order valence-electron chi connectivity index (χ2n) is 7.47. The first-order valence-corrected chi connectivity index (χ1v) is 9.46. The molecule has 0 bridgehead atoms. The van der Waals surface area contributed by atoms with Crippen LogP contribution in [0.2, 0.25) is 0 Å². The van der Waals surface area contributed by atoms with Gasteiger partial charge in [-0.25, -0.2) is 4.39 Å². The van der Waals surface area contributed by atoms with Gasteiger partial charge < -0.3 is 15.4 Å². The minimum atomic E-state index is -0.340. The summed E-state index contributed by atoms with van der Waals surface area (Å²) in [4.78, 5) is 24.4. The first kappa shape index (κ1) is 18.7. The molecule has 0 aromatic heterocycles. The third kappa shape index (κ3) is 4.17. The highest BCUT2D eigenvalue weighted by atomic mass is 19.1. The van der Waals surface area contributed by atoms with Gasteiger partial charge in [0.2, 0.25) is 5.91 Å². The van der Waals surface area contributed by atoms with Gasteiger partial charge in [0.1, 0.15) is 11.6 Å². The summed E-state index contributed by atoms with van der Waals surface area (Å²) in [5.74, 6) is 1.05. The van der Waals surface area contributed by atoms with Crippen LogP contribution in [-0.2, 0) is 9.59 Å². The molecule has 1 saturated heterocycles. The summed E-state index contributed by atoms with van der Waals surface area (Å²) in [6.07, 6.45) is 3.56. The number of hydrogen-bond donors (Lipinski definition) is 2. The maximum atomic E-state index is 12.9. The minimum absolute atomic E-state index is 0.0474. The van der Waals surface area contributed by atoms with Crippen LogP contribution in [0.25, 0.3) is 0 Å². The summed E-state index contributed by atoms with van der Waals surface area (Å²) in [5, 5.41) is 6.16. The smallest absolute Gasteiger partial charge is 0.258 e. The molecule has 5 unspecified atom stereocenters. The van der Waals surface area contributed by atoms with Crippen LogP contribution in [0.1, 0.15) is 39.5 Å². The Morgan fingerprint density at radius 1 is 1.31 bits per heavy atom. The predicted octanol–water partition coefficient (Wildman–Crippen LogP) is 2.65. The molecule has 142 valence electrons. The van der Waals surface area contributed by atoms with Crippen LogP contribution in [0.3, 0.4) is 0 Å². The first-order chi connectivity index (χ1) is 12.5. The van der Waals surface area contributed by atoms with E-state index in [4.69, 9.17) is 4.74 Å². The number of amides is 2. The van der Waals surface area contributed by atoms with Gasteiger partial charge in [-0.2, -0.15) is 0 Å². The summed E-state index contributed by atoms with van der Waals surface area (Å²) in [7, 11) is 0. The summed E-state index contributed by atoms with van der Waals surface area (Å²) in [6, 6.07) is 5.77. The van der Waals surface area contributed by atoms with Gasteiger partial charge in [-0.3, -0.25) is 9.59 Å². The fourth-order valence-electron chi connectivity index (χ4n) is 4.45. The van der Waals surface area contributed by atoms with Crippen LogP contribution in [0.5, 0.6) is 5.75 Å². The average molecular weight is 362 g/mol. The standard InChI is InChI=1S/C20H27FN2O3/c1-3-16-12(2)17-9-6-14(10-18(17)23-20(16)25)22-19(24)11-26-15-7-4-13(21)5-8-15/h4-5,7-8,12,14,16-18H,3,6,9-11H2,1-2H3,(H,22,24)(H,23,25). The van der Waals surface area contributed by atoms with Crippen molar-refractivity contribution in [2.45, 2.75) is 51.6 Å². The molecule has 5 nitrogen and oxygen atoms in total. The van der Waals surface area contributed by atoms with Gasteiger partial charge in [0.25, 0.3) is 5.91 Å². The van der Waals surface area contributed by atoms with Crippen molar-refractivity contribution in [1.29, 1.82) is 0 Å². The van der Waals surface area contributed by atoms with Crippen LogP contribution < -0.4 is 15.4 Å². The molecule has 1 saturated carbocycles. The Balaban J connectivity index is 1.48. The number of piperidine rings is 1. The van der Waals surface area contributed by atoms with Crippen molar-refractivity contribution in [3.8, 4) is 5.75 Å². The van der Waals surface area contributed by atoms with Crippen molar-refractivity contribution in [3.05, 3.63) is 30.1 Å². The van der Waals surface area contributed by atoms with E-state index in [1.54, 1.807) is 0 Å². The van der Waals surface area contributed by atoms with Crippen molar-refractivity contribution in [1.82, 2.24) is 10.6 Å². The van der Waals surface area contributed by atoms with Gasteiger partial charge in [0, 0.05) is 18.0 Å². The quantitative estimate of drug-likeness (QED) is 0.846. The predicted molar refractivity (Wildman–Crippen MR) is 96.0 cm³/mol. The average Bonchev–Trinajstić information content (AvgIpc) is 2.61. The van der Waals surface area contributed by atoms with Crippen LogP contribution in [0.4, 0.5) is 4.39 Å². The first-order valence-electron chi connectivity index (χ1n) is 9.46. The van der Waals surface area contributed by atoms with E-state index < -0.39 is 0 Å². The van der Waals surface area contributed by atoms with Gasteiger partial charge in [-0.05, 0) is 61.8 Å². The van der Waals surface area contributed by atoms with E-state index >= 15 is 0 Å². The molecule has 2 fully saturated rings. The van der Waals surface area contributed by atoms with Crippen LogP contribution in [0, 0.1) is 23.6 Å². The maximum Gasteiger partial charge on any atom is 0.258 e. The molecule has 1 aliphatic carbocycles. The minimum Gasteiger partial charge on any atom is -0.484 e. The van der Waals surface area contributed by atoms with E-state index in [1.807, 2.05) is 0 Å². The van der Waals surface area contributed by atoms with Crippen molar-refractivity contribution >= 4 is 11.8 Å². The van der Waals surface area contributed by atoms with E-state index in [2.05, 4.69) is 24.5 Å². The van der Waals surface area contributed by atoms with Crippen LogP contribution in [-0.4, -0.2) is 30.5 Å². The summed E-state index contributed by atoms with van der Waals surface area (Å²) < 4.78 is 18.3. The molecule has 1 aromatic rings. The van der Waals surface area contributed by atoms with Gasteiger partial charge in [0.05, 0.1) is 0 Å². The molecule has 5 atom stereocenters. The number of carbonyl (C=O) groups is 2. The largest absolute Gasteiger partial charge is 0.484 e. The lowest BCUT2D eigenvalue weighted by molar-refractivity contribution is -0.133. The molecular formula is C20H27FN2O3. The Labute approximate surface area is 153 Å². The number of ether oxygens (including phenoxy) is 1. The third-order valence-electron chi connectivity index (χ3n) is 5.87. The lowest BCUT2D eigenvalue weighted by Gasteiger charge is -2.46. The van der Waals surface area contributed by atoms with E-state index in [0.717, 1.165) is 25.7 Å². The Kier molecular flexibility index (Phi) is 5.79. The molecule has 1 aromatic carbocycles. The Bertz CT molecular complexity index is 649. The number of nitrogens with one attached hydrogen (secondary N) is 2. The molecule has 2 amide bonds. The molecule has 0 radical (unpaired) electrons. The Hall–Kier alpha value is -2.11. The molecule has 6 heteroatoms. The zero-order valence-electron chi connectivity index (χ0n) is 15.3. The van der Waals surface area contributed by atoms with E-state index in [-0.39, 0.29) is 42.2 Å². The summed E-state index contributed by atoms with van der Waals surface area (Å²) in [5.41, 5.74) is 0.